The van der Waals surface area contributed by atoms with E-state index < -0.39 is 10.8 Å². The number of nitro groups is 1. The Kier molecular flexibility index (Phi) is 7.13. The number of nitrogens with one attached hydrogen (secondary N) is 1. The minimum atomic E-state index is -0.598. The van der Waals surface area contributed by atoms with E-state index in [2.05, 4.69) is 10.3 Å². The van der Waals surface area contributed by atoms with Gasteiger partial charge in [0.2, 0.25) is 5.91 Å². The summed E-state index contributed by atoms with van der Waals surface area (Å²) in [4.78, 5) is 40.5. The minimum Gasteiger partial charge on any atom is -0.496 e. The summed E-state index contributed by atoms with van der Waals surface area (Å²) in [5, 5.41) is 15.1. The summed E-state index contributed by atoms with van der Waals surface area (Å²) < 4.78 is 6.51. The Hall–Kier alpha value is -3.11. The molecule has 0 aliphatic carbocycles. The third-order valence-corrected chi connectivity index (χ3v) is 5.55. The number of hydrogen-bond donors (Lipinski definition) is 1. The van der Waals surface area contributed by atoms with E-state index in [-0.39, 0.29) is 22.7 Å². The Morgan fingerprint density at radius 1 is 1.32 bits per heavy atom. The van der Waals surface area contributed by atoms with Gasteiger partial charge in [-0.05, 0) is 36.8 Å². The lowest BCUT2D eigenvalue weighted by Gasteiger charge is -2.12. The van der Waals surface area contributed by atoms with Gasteiger partial charge in [-0.1, -0.05) is 30.3 Å². The summed E-state index contributed by atoms with van der Waals surface area (Å²) in [6.07, 6.45) is 0.707. The molecule has 0 spiro atoms. The summed E-state index contributed by atoms with van der Waals surface area (Å²) in [6, 6.07) is 9.01. The van der Waals surface area contributed by atoms with Gasteiger partial charge < -0.3 is 10.1 Å². The number of amides is 1. The van der Waals surface area contributed by atoms with Gasteiger partial charge >= 0.3 is 0 Å². The Bertz CT molecular complexity index is 1210. The van der Waals surface area contributed by atoms with Crippen molar-refractivity contribution in [1.82, 2.24) is 9.55 Å². The number of rotatable bonds is 8. The van der Waals surface area contributed by atoms with Gasteiger partial charge in [0, 0.05) is 11.6 Å². The highest BCUT2D eigenvalue weighted by atomic mass is 35.5. The fraction of sp³-hybridized carbons (Fsp3) is 0.250. The molecule has 1 heterocycles. The van der Waals surface area contributed by atoms with Crippen molar-refractivity contribution in [2.75, 3.05) is 18.2 Å². The van der Waals surface area contributed by atoms with Crippen LogP contribution in [-0.4, -0.2) is 33.2 Å². The fourth-order valence-electron chi connectivity index (χ4n) is 2.92. The maximum Gasteiger partial charge on any atom is 0.296 e. The highest BCUT2D eigenvalue weighted by molar-refractivity contribution is 7.99. The Balaban J connectivity index is 1.84. The first-order valence-electron chi connectivity index (χ1n) is 9.29. The molecule has 0 radical (unpaired) electrons. The highest BCUT2D eigenvalue weighted by Crippen LogP contribution is 2.29. The average molecular weight is 463 g/mol. The van der Waals surface area contributed by atoms with E-state index in [1.165, 1.54) is 29.9 Å². The molecular formula is C20H19ClN4O5S. The van der Waals surface area contributed by atoms with Crippen LogP contribution in [0, 0.1) is 10.1 Å². The molecule has 162 valence electrons. The quantitative estimate of drug-likeness (QED) is 0.232. The molecule has 0 aliphatic heterocycles. The van der Waals surface area contributed by atoms with Crippen LogP contribution in [0.5, 0.6) is 5.75 Å². The molecule has 11 heteroatoms. The smallest absolute Gasteiger partial charge is 0.296 e. The molecule has 0 aliphatic rings. The summed E-state index contributed by atoms with van der Waals surface area (Å²) >= 11 is 7.09. The molecule has 31 heavy (non-hydrogen) atoms. The molecule has 2 aromatic carbocycles. The molecule has 3 rings (SSSR count). The maximum atomic E-state index is 12.8. The van der Waals surface area contributed by atoms with Crippen LogP contribution in [0.25, 0.3) is 10.9 Å². The van der Waals surface area contributed by atoms with E-state index in [9.17, 15) is 19.7 Å². The van der Waals surface area contributed by atoms with E-state index in [1.807, 2.05) is 6.92 Å². The second-order valence-corrected chi connectivity index (χ2v) is 7.87. The van der Waals surface area contributed by atoms with Gasteiger partial charge in [-0.2, -0.15) is 0 Å². The van der Waals surface area contributed by atoms with Gasteiger partial charge in [0.1, 0.15) is 11.4 Å². The molecular weight excluding hydrogens is 444 g/mol. The Morgan fingerprint density at radius 3 is 2.77 bits per heavy atom. The lowest BCUT2D eigenvalue weighted by Crippen LogP contribution is -2.24. The van der Waals surface area contributed by atoms with Crippen LogP contribution in [0.15, 0.2) is 46.3 Å². The van der Waals surface area contributed by atoms with Crippen molar-refractivity contribution in [2.45, 2.75) is 25.0 Å². The van der Waals surface area contributed by atoms with E-state index in [1.54, 1.807) is 18.2 Å². The number of anilines is 1. The summed E-state index contributed by atoms with van der Waals surface area (Å²) in [7, 11) is 1.40. The first-order valence-corrected chi connectivity index (χ1v) is 10.7. The predicted octanol–water partition coefficient (Wildman–Crippen LogP) is 4.11. The molecule has 0 atom stereocenters. The number of ether oxygens (including phenoxy) is 1. The number of carbonyl (C=O) groups excluding carboxylic acids is 1. The molecule has 0 fully saturated rings. The highest BCUT2D eigenvalue weighted by Gasteiger charge is 2.18. The van der Waals surface area contributed by atoms with Gasteiger partial charge in [-0.15, -0.1) is 0 Å². The lowest BCUT2D eigenvalue weighted by atomic mass is 10.2. The van der Waals surface area contributed by atoms with Gasteiger partial charge in [0.05, 0.1) is 34.8 Å². The molecule has 1 N–H and O–H groups in total. The van der Waals surface area contributed by atoms with Gasteiger partial charge in [0.15, 0.2) is 5.16 Å². The fourth-order valence-corrected chi connectivity index (χ4v) is 3.91. The van der Waals surface area contributed by atoms with Crippen molar-refractivity contribution < 1.29 is 14.5 Å². The SMILES string of the molecule is CCCn1c(SCC(=O)Nc2ccc(OC)cc2[N+](=O)[O-])nc2cc(Cl)ccc2c1=O. The summed E-state index contributed by atoms with van der Waals surface area (Å²) in [5.74, 6) is -0.255. The molecule has 1 amide bonds. The van der Waals surface area contributed by atoms with Crippen LogP contribution in [0.3, 0.4) is 0 Å². The largest absolute Gasteiger partial charge is 0.496 e. The monoisotopic (exact) mass is 462 g/mol. The van der Waals surface area contributed by atoms with Crippen LogP contribution >= 0.6 is 23.4 Å². The first kappa shape index (κ1) is 22.6. The number of nitro benzene ring substituents is 1. The molecule has 0 unspecified atom stereocenters. The van der Waals surface area contributed by atoms with Crippen LogP contribution < -0.4 is 15.6 Å². The predicted molar refractivity (Wildman–Crippen MR) is 120 cm³/mol. The zero-order chi connectivity index (χ0) is 22.5. The van der Waals surface area contributed by atoms with Gasteiger partial charge in [-0.25, -0.2) is 4.98 Å². The third kappa shape index (κ3) is 5.15. The van der Waals surface area contributed by atoms with Crippen molar-refractivity contribution >= 4 is 51.5 Å². The number of carbonyl (C=O) groups is 1. The van der Waals surface area contributed by atoms with Crippen LogP contribution in [0.1, 0.15) is 13.3 Å². The normalized spacial score (nSPS) is 10.8. The second-order valence-electron chi connectivity index (χ2n) is 6.49. The molecule has 9 nitrogen and oxygen atoms in total. The first-order chi connectivity index (χ1) is 14.8. The maximum absolute atomic E-state index is 12.8. The number of hydrogen-bond acceptors (Lipinski definition) is 7. The standard InChI is InChI=1S/C20H19ClN4O5S/c1-3-8-24-19(27)14-6-4-12(21)9-16(14)23-20(24)31-11-18(26)22-15-7-5-13(30-2)10-17(15)25(28)29/h4-7,9-10H,3,8,11H2,1-2H3,(H,22,26). The van der Waals surface area contributed by atoms with Crippen LogP contribution in [-0.2, 0) is 11.3 Å². The topological polar surface area (TPSA) is 116 Å². The summed E-state index contributed by atoms with van der Waals surface area (Å²) in [6.45, 7) is 2.38. The van der Waals surface area contributed by atoms with Gasteiger partial charge in [0.25, 0.3) is 11.2 Å². The molecule has 0 saturated carbocycles. The van der Waals surface area contributed by atoms with Crippen molar-refractivity contribution in [3.63, 3.8) is 0 Å². The van der Waals surface area contributed by atoms with Gasteiger partial charge in [-0.3, -0.25) is 24.3 Å². The number of aromatic nitrogens is 2. The van der Waals surface area contributed by atoms with E-state index in [0.717, 1.165) is 11.8 Å². The van der Waals surface area contributed by atoms with Crippen LogP contribution in [0.2, 0.25) is 5.02 Å². The van der Waals surface area contributed by atoms with E-state index in [0.29, 0.717) is 39.8 Å². The number of halogens is 1. The lowest BCUT2D eigenvalue weighted by molar-refractivity contribution is -0.384. The zero-order valence-corrected chi connectivity index (χ0v) is 18.3. The van der Waals surface area contributed by atoms with E-state index >= 15 is 0 Å². The van der Waals surface area contributed by atoms with Crippen LogP contribution in [0.4, 0.5) is 11.4 Å². The number of fused-ring (bicyclic) bond motifs is 1. The minimum absolute atomic E-state index is 0.0561. The number of benzene rings is 2. The second kappa shape index (κ2) is 9.80. The number of thioether (sulfide) groups is 1. The van der Waals surface area contributed by atoms with Crippen molar-refractivity contribution in [2.24, 2.45) is 0 Å². The van der Waals surface area contributed by atoms with Crippen molar-refractivity contribution in [3.8, 4) is 5.75 Å². The molecule has 0 saturated heterocycles. The number of nitrogens with zero attached hydrogens (tertiary/aromatic N) is 3. The molecule has 3 aromatic rings. The molecule has 1 aromatic heterocycles. The van der Waals surface area contributed by atoms with Crippen molar-refractivity contribution in [3.05, 3.63) is 61.9 Å². The third-order valence-electron chi connectivity index (χ3n) is 4.34. The Morgan fingerprint density at radius 2 is 2.10 bits per heavy atom. The van der Waals surface area contributed by atoms with E-state index in [4.69, 9.17) is 16.3 Å². The zero-order valence-electron chi connectivity index (χ0n) is 16.8. The van der Waals surface area contributed by atoms with Crippen molar-refractivity contribution in [1.29, 1.82) is 0 Å². The Labute approximate surface area is 186 Å². The summed E-state index contributed by atoms with van der Waals surface area (Å²) in [5.41, 5.74) is 0.00966. The number of methoxy groups -OCH3 is 1. The average Bonchev–Trinajstić information content (AvgIpc) is 2.74. The molecule has 0 bridgehead atoms.